The minimum Gasteiger partial charge on any atom is -0.490 e. The van der Waals surface area contributed by atoms with Gasteiger partial charge in [-0.3, -0.25) is 14.5 Å². The number of nitrogens with zero attached hydrogens (tertiary/aromatic N) is 1. The Morgan fingerprint density at radius 1 is 1.48 bits per heavy atom. The molecule has 7 heteroatoms. The molecule has 0 spiro atoms. The molecule has 0 saturated carbocycles. The van der Waals surface area contributed by atoms with Crippen LogP contribution in [0.5, 0.6) is 11.5 Å². The summed E-state index contributed by atoms with van der Waals surface area (Å²) in [7, 11) is 1.51. The molecule has 1 unspecified atom stereocenters. The molecule has 7 nitrogen and oxygen atoms in total. The molecule has 2 rings (SSSR count). The van der Waals surface area contributed by atoms with E-state index in [0.717, 1.165) is 6.42 Å². The quantitative estimate of drug-likeness (QED) is 0.810. The maximum absolute atomic E-state index is 12.4. The SMILES string of the molecule is CCCOc1cc(CO)cc2c1OC(C)C(=O)N2CC(=O)NC. The first-order chi connectivity index (χ1) is 11.0. The number of benzene rings is 1. The summed E-state index contributed by atoms with van der Waals surface area (Å²) in [6.45, 7) is 3.78. The van der Waals surface area contributed by atoms with E-state index >= 15 is 0 Å². The highest BCUT2D eigenvalue weighted by molar-refractivity contribution is 6.04. The average molecular weight is 322 g/mol. The molecule has 1 aromatic rings. The Bertz CT molecular complexity index is 602. The highest BCUT2D eigenvalue weighted by atomic mass is 16.5. The number of carbonyl (C=O) groups is 2. The van der Waals surface area contributed by atoms with E-state index in [2.05, 4.69) is 5.32 Å². The van der Waals surface area contributed by atoms with Gasteiger partial charge < -0.3 is 19.9 Å². The second kappa shape index (κ2) is 7.32. The molecule has 0 fully saturated rings. The van der Waals surface area contributed by atoms with E-state index in [-0.39, 0.29) is 25.0 Å². The van der Waals surface area contributed by atoms with E-state index in [1.165, 1.54) is 11.9 Å². The predicted octanol–water partition coefficient (Wildman–Crippen LogP) is 0.828. The van der Waals surface area contributed by atoms with Gasteiger partial charge in [0, 0.05) is 7.05 Å². The lowest BCUT2D eigenvalue weighted by Crippen LogP contribution is -2.48. The van der Waals surface area contributed by atoms with Crippen LogP contribution in [-0.4, -0.2) is 43.2 Å². The first-order valence-electron chi connectivity index (χ1n) is 7.61. The molecule has 1 aromatic carbocycles. The lowest BCUT2D eigenvalue weighted by atomic mass is 10.1. The molecule has 2 amide bonds. The molecule has 1 heterocycles. The van der Waals surface area contributed by atoms with Crippen molar-refractivity contribution in [2.24, 2.45) is 0 Å². The van der Waals surface area contributed by atoms with Gasteiger partial charge in [0.2, 0.25) is 5.91 Å². The molecule has 23 heavy (non-hydrogen) atoms. The van der Waals surface area contributed by atoms with Gasteiger partial charge in [-0.1, -0.05) is 6.92 Å². The third kappa shape index (κ3) is 3.56. The van der Waals surface area contributed by atoms with E-state index in [4.69, 9.17) is 9.47 Å². The van der Waals surface area contributed by atoms with Gasteiger partial charge in [0.25, 0.3) is 5.91 Å². The fraction of sp³-hybridized carbons (Fsp3) is 0.500. The minimum absolute atomic E-state index is 0.113. The molecule has 0 radical (unpaired) electrons. The second-order valence-corrected chi connectivity index (χ2v) is 5.31. The number of nitrogens with one attached hydrogen (secondary N) is 1. The normalized spacial score (nSPS) is 16.6. The topological polar surface area (TPSA) is 88.1 Å². The van der Waals surface area contributed by atoms with Crippen LogP contribution in [0.4, 0.5) is 5.69 Å². The zero-order valence-electron chi connectivity index (χ0n) is 13.6. The van der Waals surface area contributed by atoms with Gasteiger partial charge in [-0.2, -0.15) is 0 Å². The van der Waals surface area contributed by atoms with E-state index in [0.29, 0.717) is 29.4 Å². The summed E-state index contributed by atoms with van der Waals surface area (Å²) in [5.74, 6) is 0.294. The first kappa shape index (κ1) is 17.1. The number of ether oxygens (including phenoxy) is 2. The summed E-state index contributed by atoms with van der Waals surface area (Å²) in [4.78, 5) is 25.5. The van der Waals surface area contributed by atoms with Gasteiger partial charge in [0.15, 0.2) is 17.6 Å². The number of hydrogen-bond acceptors (Lipinski definition) is 5. The number of likely N-dealkylation sites (N-methyl/N-ethyl adjacent to an activating group) is 1. The molecular weight excluding hydrogens is 300 g/mol. The zero-order valence-corrected chi connectivity index (χ0v) is 13.6. The van der Waals surface area contributed by atoms with Gasteiger partial charge in [-0.25, -0.2) is 0 Å². The fourth-order valence-corrected chi connectivity index (χ4v) is 2.32. The average Bonchev–Trinajstić information content (AvgIpc) is 2.56. The number of hydrogen-bond donors (Lipinski definition) is 2. The molecular formula is C16H22N2O5. The third-order valence-corrected chi connectivity index (χ3v) is 3.52. The Labute approximate surface area is 135 Å². The smallest absolute Gasteiger partial charge is 0.268 e. The van der Waals surface area contributed by atoms with E-state index < -0.39 is 6.10 Å². The van der Waals surface area contributed by atoms with Crippen molar-refractivity contribution in [1.29, 1.82) is 0 Å². The van der Waals surface area contributed by atoms with E-state index in [1.807, 2.05) is 6.92 Å². The van der Waals surface area contributed by atoms with Crippen molar-refractivity contribution >= 4 is 17.5 Å². The Morgan fingerprint density at radius 2 is 2.22 bits per heavy atom. The molecule has 0 saturated heterocycles. The molecule has 1 aliphatic heterocycles. The summed E-state index contributed by atoms with van der Waals surface area (Å²) in [5.41, 5.74) is 1.03. The van der Waals surface area contributed by atoms with Crippen molar-refractivity contribution < 1.29 is 24.2 Å². The van der Waals surface area contributed by atoms with Gasteiger partial charge in [-0.05, 0) is 31.0 Å². The first-order valence-corrected chi connectivity index (χ1v) is 7.61. The molecule has 0 bridgehead atoms. The van der Waals surface area contributed by atoms with E-state index in [9.17, 15) is 14.7 Å². The van der Waals surface area contributed by atoms with Crippen LogP contribution in [0.3, 0.4) is 0 Å². The van der Waals surface area contributed by atoms with Crippen LogP contribution in [0, 0.1) is 0 Å². The number of rotatable bonds is 6. The minimum atomic E-state index is -0.712. The van der Waals surface area contributed by atoms with Crippen molar-refractivity contribution in [2.45, 2.75) is 33.0 Å². The molecule has 2 N–H and O–H groups in total. The van der Waals surface area contributed by atoms with Gasteiger partial charge in [-0.15, -0.1) is 0 Å². The summed E-state index contributed by atoms with van der Waals surface area (Å²) in [5, 5.41) is 11.9. The standard InChI is InChI=1S/C16H22N2O5/c1-4-5-22-13-7-11(9-19)6-12-15(13)23-10(2)16(21)18(12)8-14(20)17-3/h6-7,10,19H,4-5,8-9H2,1-3H3,(H,17,20). The number of carbonyl (C=O) groups excluding carboxylic acids is 2. The van der Waals surface area contributed by atoms with Gasteiger partial charge in [0.05, 0.1) is 18.9 Å². The molecule has 1 atom stereocenters. The zero-order chi connectivity index (χ0) is 17.0. The largest absolute Gasteiger partial charge is 0.490 e. The lowest BCUT2D eigenvalue weighted by Gasteiger charge is -2.33. The van der Waals surface area contributed by atoms with Gasteiger partial charge >= 0.3 is 0 Å². The van der Waals surface area contributed by atoms with Crippen molar-refractivity contribution in [3.05, 3.63) is 17.7 Å². The molecule has 1 aliphatic rings. The van der Waals surface area contributed by atoms with Crippen LogP contribution >= 0.6 is 0 Å². The van der Waals surface area contributed by atoms with Crippen molar-refractivity contribution in [1.82, 2.24) is 5.32 Å². The Balaban J connectivity index is 2.49. The van der Waals surface area contributed by atoms with Crippen molar-refractivity contribution in [2.75, 3.05) is 25.1 Å². The Hall–Kier alpha value is -2.28. The van der Waals surface area contributed by atoms with Crippen LogP contribution in [-0.2, 0) is 16.2 Å². The Morgan fingerprint density at radius 3 is 2.83 bits per heavy atom. The van der Waals surface area contributed by atoms with Crippen LogP contribution in [0.15, 0.2) is 12.1 Å². The van der Waals surface area contributed by atoms with Crippen LogP contribution in [0.1, 0.15) is 25.8 Å². The van der Waals surface area contributed by atoms with Crippen LogP contribution in [0.25, 0.3) is 0 Å². The van der Waals surface area contributed by atoms with E-state index in [1.54, 1.807) is 19.1 Å². The predicted molar refractivity (Wildman–Crippen MR) is 84.7 cm³/mol. The third-order valence-electron chi connectivity index (χ3n) is 3.52. The van der Waals surface area contributed by atoms with Crippen LogP contribution < -0.4 is 19.7 Å². The lowest BCUT2D eigenvalue weighted by molar-refractivity contribution is -0.128. The highest BCUT2D eigenvalue weighted by Crippen LogP contribution is 2.43. The maximum atomic E-state index is 12.4. The number of amides is 2. The Kier molecular flexibility index (Phi) is 5.44. The summed E-state index contributed by atoms with van der Waals surface area (Å²) < 4.78 is 11.4. The summed E-state index contributed by atoms with van der Waals surface area (Å²) in [6, 6.07) is 3.33. The van der Waals surface area contributed by atoms with Crippen molar-refractivity contribution in [3.8, 4) is 11.5 Å². The molecule has 126 valence electrons. The number of anilines is 1. The van der Waals surface area contributed by atoms with Gasteiger partial charge in [0.1, 0.15) is 6.54 Å². The summed E-state index contributed by atoms with van der Waals surface area (Å²) in [6.07, 6.45) is 0.102. The highest BCUT2D eigenvalue weighted by Gasteiger charge is 2.35. The number of aliphatic hydroxyl groups excluding tert-OH is 1. The number of aliphatic hydroxyl groups is 1. The fourth-order valence-electron chi connectivity index (χ4n) is 2.32. The monoisotopic (exact) mass is 322 g/mol. The maximum Gasteiger partial charge on any atom is 0.268 e. The van der Waals surface area contributed by atoms with Crippen LogP contribution in [0.2, 0.25) is 0 Å². The second-order valence-electron chi connectivity index (χ2n) is 5.31. The summed E-state index contributed by atoms with van der Waals surface area (Å²) >= 11 is 0. The molecule has 0 aromatic heterocycles. The molecule has 0 aliphatic carbocycles. The van der Waals surface area contributed by atoms with Crippen molar-refractivity contribution in [3.63, 3.8) is 0 Å². The number of fused-ring (bicyclic) bond motifs is 1.